The van der Waals surface area contributed by atoms with Crippen molar-refractivity contribution in [2.75, 3.05) is 24.5 Å². The van der Waals surface area contributed by atoms with Crippen LogP contribution in [0.3, 0.4) is 0 Å². The second-order valence-electron chi connectivity index (χ2n) is 4.99. The molecule has 5 heteroatoms. The SMILES string of the molecule is NCc1ccc(N2CCC(CNC(=O)O)CC2)cc1. The molecule has 0 spiro atoms. The Morgan fingerprint density at radius 3 is 2.47 bits per heavy atom. The maximum absolute atomic E-state index is 10.5. The number of hydrogen-bond donors (Lipinski definition) is 3. The predicted octanol–water partition coefficient (Wildman–Crippen LogP) is 1.63. The minimum absolute atomic E-state index is 0.454. The Balaban J connectivity index is 1.83. The summed E-state index contributed by atoms with van der Waals surface area (Å²) in [7, 11) is 0. The van der Waals surface area contributed by atoms with E-state index in [0.29, 0.717) is 19.0 Å². The van der Waals surface area contributed by atoms with E-state index in [4.69, 9.17) is 10.8 Å². The van der Waals surface area contributed by atoms with E-state index < -0.39 is 6.09 Å². The number of benzene rings is 1. The van der Waals surface area contributed by atoms with Crippen LogP contribution in [0, 0.1) is 5.92 Å². The largest absolute Gasteiger partial charge is 0.465 e. The van der Waals surface area contributed by atoms with Gasteiger partial charge in [0.1, 0.15) is 0 Å². The average molecular weight is 263 g/mol. The number of nitrogens with two attached hydrogens (primary N) is 1. The van der Waals surface area contributed by atoms with Crippen LogP contribution in [0.1, 0.15) is 18.4 Å². The minimum atomic E-state index is -0.931. The van der Waals surface area contributed by atoms with Crippen molar-refractivity contribution < 1.29 is 9.90 Å². The van der Waals surface area contributed by atoms with E-state index in [0.717, 1.165) is 31.5 Å². The van der Waals surface area contributed by atoms with Gasteiger partial charge in [-0.2, -0.15) is 0 Å². The molecule has 1 saturated heterocycles. The third-order valence-corrected chi connectivity index (χ3v) is 3.69. The molecule has 1 heterocycles. The Bertz CT molecular complexity index is 411. The van der Waals surface area contributed by atoms with Crippen molar-refractivity contribution in [2.45, 2.75) is 19.4 Å². The summed E-state index contributed by atoms with van der Waals surface area (Å²) in [5.41, 5.74) is 7.95. The molecule has 2 rings (SSSR count). The highest BCUT2D eigenvalue weighted by Gasteiger charge is 2.19. The molecule has 0 radical (unpaired) electrons. The molecule has 1 aliphatic heterocycles. The molecule has 4 N–H and O–H groups in total. The van der Waals surface area contributed by atoms with Gasteiger partial charge < -0.3 is 21.1 Å². The lowest BCUT2D eigenvalue weighted by molar-refractivity contribution is 0.191. The predicted molar refractivity (Wildman–Crippen MR) is 75.3 cm³/mol. The van der Waals surface area contributed by atoms with E-state index in [1.54, 1.807) is 0 Å². The van der Waals surface area contributed by atoms with Crippen molar-refractivity contribution in [1.29, 1.82) is 0 Å². The van der Waals surface area contributed by atoms with Gasteiger partial charge in [-0.15, -0.1) is 0 Å². The maximum atomic E-state index is 10.5. The molecule has 0 unspecified atom stereocenters. The topological polar surface area (TPSA) is 78.6 Å². The van der Waals surface area contributed by atoms with Gasteiger partial charge in [-0.05, 0) is 36.5 Å². The van der Waals surface area contributed by atoms with Crippen LogP contribution in [0.15, 0.2) is 24.3 Å². The molecule has 0 atom stereocenters. The minimum Gasteiger partial charge on any atom is -0.465 e. The van der Waals surface area contributed by atoms with Gasteiger partial charge in [0.15, 0.2) is 0 Å². The highest BCUT2D eigenvalue weighted by atomic mass is 16.4. The highest BCUT2D eigenvalue weighted by Crippen LogP contribution is 2.23. The first kappa shape index (κ1) is 13.7. The number of carboxylic acid groups (broad SMARTS) is 1. The van der Waals surface area contributed by atoms with Crippen LogP contribution in [0.4, 0.5) is 10.5 Å². The first-order chi connectivity index (χ1) is 9.19. The van der Waals surface area contributed by atoms with Crippen LogP contribution < -0.4 is 16.0 Å². The first-order valence-corrected chi connectivity index (χ1v) is 6.70. The van der Waals surface area contributed by atoms with Crippen molar-refractivity contribution in [2.24, 2.45) is 11.7 Å². The summed E-state index contributed by atoms with van der Waals surface area (Å²) in [6.07, 6.45) is 1.12. The lowest BCUT2D eigenvalue weighted by atomic mass is 9.96. The number of piperidine rings is 1. The Morgan fingerprint density at radius 1 is 1.32 bits per heavy atom. The molecule has 1 amide bonds. The quantitative estimate of drug-likeness (QED) is 0.771. The van der Waals surface area contributed by atoms with Crippen LogP contribution in [-0.2, 0) is 6.54 Å². The van der Waals surface area contributed by atoms with Crippen molar-refractivity contribution in [3.05, 3.63) is 29.8 Å². The van der Waals surface area contributed by atoms with Crippen LogP contribution in [0.25, 0.3) is 0 Å². The zero-order chi connectivity index (χ0) is 13.7. The van der Waals surface area contributed by atoms with Crippen LogP contribution in [0.2, 0.25) is 0 Å². The molecule has 1 aromatic carbocycles. The monoisotopic (exact) mass is 263 g/mol. The van der Waals surface area contributed by atoms with Gasteiger partial charge in [0.05, 0.1) is 0 Å². The highest BCUT2D eigenvalue weighted by molar-refractivity contribution is 5.64. The third kappa shape index (κ3) is 3.86. The Kier molecular flexibility index (Phi) is 4.63. The summed E-state index contributed by atoms with van der Waals surface area (Å²) >= 11 is 0. The van der Waals surface area contributed by atoms with E-state index in [9.17, 15) is 4.79 Å². The number of amides is 1. The summed E-state index contributed by atoms with van der Waals surface area (Å²) in [6, 6.07) is 8.34. The average Bonchev–Trinajstić information content (AvgIpc) is 2.46. The van der Waals surface area contributed by atoms with Gasteiger partial charge in [0, 0.05) is 31.9 Å². The number of nitrogens with zero attached hydrogens (tertiary/aromatic N) is 1. The van der Waals surface area contributed by atoms with Gasteiger partial charge in [-0.3, -0.25) is 0 Å². The second kappa shape index (κ2) is 6.43. The molecule has 5 nitrogen and oxygen atoms in total. The second-order valence-corrected chi connectivity index (χ2v) is 4.99. The smallest absolute Gasteiger partial charge is 0.404 e. The van der Waals surface area contributed by atoms with E-state index in [-0.39, 0.29) is 0 Å². The summed E-state index contributed by atoms with van der Waals surface area (Å²) in [5, 5.41) is 11.1. The third-order valence-electron chi connectivity index (χ3n) is 3.69. The van der Waals surface area contributed by atoms with Gasteiger partial charge in [-0.25, -0.2) is 4.79 Å². The number of anilines is 1. The standard InChI is InChI=1S/C14H21N3O2/c15-9-11-1-3-13(4-2-11)17-7-5-12(6-8-17)10-16-14(18)19/h1-4,12,16H,5-10,15H2,(H,18,19). The van der Waals surface area contributed by atoms with Crippen molar-refractivity contribution >= 4 is 11.8 Å². The Morgan fingerprint density at radius 2 is 1.95 bits per heavy atom. The zero-order valence-corrected chi connectivity index (χ0v) is 11.0. The molecule has 19 heavy (non-hydrogen) atoms. The molecule has 0 bridgehead atoms. The Hall–Kier alpha value is -1.75. The number of rotatable bonds is 4. The lowest BCUT2D eigenvalue weighted by Crippen LogP contribution is -2.38. The van der Waals surface area contributed by atoms with Crippen LogP contribution >= 0.6 is 0 Å². The van der Waals surface area contributed by atoms with E-state index in [1.165, 1.54) is 5.69 Å². The van der Waals surface area contributed by atoms with Gasteiger partial charge in [0.25, 0.3) is 0 Å². The fourth-order valence-electron chi connectivity index (χ4n) is 2.47. The molecule has 0 saturated carbocycles. The van der Waals surface area contributed by atoms with Crippen molar-refractivity contribution in [3.63, 3.8) is 0 Å². The van der Waals surface area contributed by atoms with Crippen molar-refractivity contribution in [1.82, 2.24) is 5.32 Å². The Labute approximate surface area is 113 Å². The van der Waals surface area contributed by atoms with Crippen molar-refractivity contribution in [3.8, 4) is 0 Å². The summed E-state index contributed by atoms with van der Waals surface area (Å²) in [5.74, 6) is 0.454. The molecule has 0 aliphatic carbocycles. The molecule has 1 fully saturated rings. The summed E-state index contributed by atoms with van der Waals surface area (Å²) in [4.78, 5) is 12.8. The van der Waals surface area contributed by atoms with E-state index in [1.807, 2.05) is 0 Å². The number of nitrogens with one attached hydrogen (secondary N) is 1. The molecule has 104 valence electrons. The summed E-state index contributed by atoms with van der Waals surface area (Å²) < 4.78 is 0. The fourth-order valence-corrected chi connectivity index (χ4v) is 2.47. The first-order valence-electron chi connectivity index (χ1n) is 6.70. The fraction of sp³-hybridized carbons (Fsp3) is 0.500. The van der Waals surface area contributed by atoms with E-state index >= 15 is 0 Å². The van der Waals surface area contributed by atoms with Gasteiger partial charge in [-0.1, -0.05) is 12.1 Å². The van der Waals surface area contributed by atoms with Crippen LogP contribution in [-0.4, -0.2) is 30.8 Å². The molecular weight excluding hydrogens is 242 g/mol. The lowest BCUT2D eigenvalue weighted by Gasteiger charge is -2.33. The maximum Gasteiger partial charge on any atom is 0.404 e. The number of hydrogen-bond acceptors (Lipinski definition) is 3. The zero-order valence-electron chi connectivity index (χ0n) is 11.0. The van der Waals surface area contributed by atoms with E-state index in [2.05, 4.69) is 34.5 Å². The summed E-state index contributed by atoms with van der Waals surface area (Å²) in [6.45, 7) is 3.10. The normalized spacial score (nSPS) is 16.4. The molecular formula is C14H21N3O2. The number of carbonyl (C=O) groups is 1. The molecule has 0 aromatic heterocycles. The van der Waals surface area contributed by atoms with Gasteiger partial charge >= 0.3 is 6.09 Å². The van der Waals surface area contributed by atoms with Crippen LogP contribution in [0.5, 0.6) is 0 Å². The molecule has 1 aromatic rings. The van der Waals surface area contributed by atoms with Gasteiger partial charge in [0.2, 0.25) is 0 Å². The molecule has 1 aliphatic rings.